The Kier molecular flexibility index (Phi) is 6.31. The van der Waals surface area contributed by atoms with Crippen molar-refractivity contribution in [3.8, 4) is 16.9 Å². The maximum Gasteiger partial charge on any atom is 0.340 e. The van der Waals surface area contributed by atoms with Gasteiger partial charge in [0.2, 0.25) is 0 Å². The van der Waals surface area contributed by atoms with E-state index in [1.807, 2.05) is 74.5 Å². The van der Waals surface area contributed by atoms with Crippen LogP contribution >= 0.6 is 0 Å². The number of esters is 1. The summed E-state index contributed by atoms with van der Waals surface area (Å²) in [5, 5.41) is 7.31. The predicted molar refractivity (Wildman–Crippen MR) is 126 cm³/mol. The molecule has 2 aromatic carbocycles. The van der Waals surface area contributed by atoms with Gasteiger partial charge >= 0.3 is 5.97 Å². The molecule has 0 aliphatic rings. The summed E-state index contributed by atoms with van der Waals surface area (Å²) in [6.07, 6.45) is 0. The molecule has 1 amide bonds. The van der Waals surface area contributed by atoms with Crippen molar-refractivity contribution in [1.82, 2.24) is 14.8 Å². The number of para-hydroxylation sites is 1. The van der Waals surface area contributed by atoms with Gasteiger partial charge in [-0.3, -0.25) is 9.78 Å². The highest BCUT2D eigenvalue weighted by molar-refractivity contribution is 5.96. The number of rotatable bonds is 6. The molecule has 0 aliphatic carbocycles. The van der Waals surface area contributed by atoms with Crippen LogP contribution in [-0.4, -0.2) is 33.2 Å². The number of carbonyl (C=O) groups is 2. The molecular weight excluding hydrogens is 416 g/mol. The predicted octanol–water partition coefficient (Wildman–Crippen LogP) is 4.66. The van der Waals surface area contributed by atoms with Gasteiger partial charge in [-0.25, -0.2) is 9.48 Å². The fourth-order valence-electron chi connectivity index (χ4n) is 3.58. The van der Waals surface area contributed by atoms with E-state index in [0.29, 0.717) is 22.6 Å². The smallest absolute Gasteiger partial charge is 0.340 e. The summed E-state index contributed by atoms with van der Waals surface area (Å²) in [6, 6.07) is 22.8. The van der Waals surface area contributed by atoms with Crippen LogP contribution in [0.15, 0.2) is 72.8 Å². The number of amides is 1. The zero-order chi connectivity index (χ0) is 23.4. The van der Waals surface area contributed by atoms with Gasteiger partial charge in [0.05, 0.1) is 39.7 Å². The van der Waals surface area contributed by atoms with Crippen LogP contribution < -0.4 is 5.32 Å². The van der Waals surface area contributed by atoms with E-state index in [1.165, 1.54) is 0 Å². The van der Waals surface area contributed by atoms with Crippen LogP contribution in [0.3, 0.4) is 0 Å². The lowest BCUT2D eigenvalue weighted by Gasteiger charge is -2.10. The number of carbonyl (C=O) groups excluding carboxylic acids is 2. The minimum atomic E-state index is -0.594. The second kappa shape index (κ2) is 9.48. The van der Waals surface area contributed by atoms with Gasteiger partial charge in [-0.15, -0.1) is 0 Å². The Morgan fingerprint density at radius 3 is 2.21 bits per heavy atom. The van der Waals surface area contributed by atoms with Crippen LogP contribution in [0.5, 0.6) is 0 Å². The van der Waals surface area contributed by atoms with Gasteiger partial charge in [-0.1, -0.05) is 48.5 Å². The molecule has 2 heterocycles. The number of benzene rings is 2. The molecule has 33 heavy (non-hydrogen) atoms. The average molecular weight is 441 g/mol. The van der Waals surface area contributed by atoms with Crippen molar-refractivity contribution in [2.75, 3.05) is 11.9 Å². The van der Waals surface area contributed by atoms with Crippen LogP contribution in [-0.2, 0) is 9.53 Å². The monoisotopic (exact) mass is 440 g/mol. The summed E-state index contributed by atoms with van der Waals surface area (Å²) in [7, 11) is 0. The van der Waals surface area contributed by atoms with Crippen molar-refractivity contribution in [1.29, 1.82) is 0 Å². The number of pyridine rings is 1. The Hall–Kier alpha value is -4.26. The first-order chi connectivity index (χ1) is 15.9. The Morgan fingerprint density at radius 2 is 1.55 bits per heavy atom. The second-order valence-corrected chi connectivity index (χ2v) is 7.61. The summed E-state index contributed by atoms with van der Waals surface area (Å²) >= 11 is 0. The zero-order valence-corrected chi connectivity index (χ0v) is 18.7. The van der Waals surface area contributed by atoms with Crippen molar-refractivity contribution < 1.29 is 14.3 Å². The highest BCUT2D eigenvalue weighted by atomic mass is 16.5. The molecule has 0 spiro atoms. The first kappa shape index (κ1) is 22.0. The molecule has 0 aliphatic heterocycles. The number of aromatic nitrogens is 3. The van der Waals surface area contributed by atoms with Crippen LogP contribution in [0.1, 0.15) is 27.4 Å². The van der Waals surface area contributed by atoms with Crippen molar-refractivity contribution in [2.45, 2.75) is 20.8 Å². The Labute approximate surface area is 192 Å². The summed E-state index contributed by atoms with van der Waals surface area (Å²) in [6.45, 7) is 5.03. The summed E-state index contributed by atoms with van der Waals surface area (Å²) in [5.74, 6) is -1.03. The van der Waals surface area contributed by atoms with E-state index >= 15 is 0 Å². The Balaban J connectivity index is 1.41. The number of ether oxygens (including phenoxy) is 1. The molecule has 0 saturated carbocycles. The van der Waals surface area contributed by atoms with Crippen LogP contribution in [0.2, 0.25) is 0 Å². The van der Waals surface area contributed by atoms with Crippen molar-refractivity contribution >= 4 is 17.6 Å². The van der Waals surface area contributed by atoms with Gasteiger partial charge in [0.1, 0.15) is 0 Å². The number of hydrogen-bond donors (Lipinski definition) is 1. The first-order valence-electron chi connectivity index (χ1n) is 10.6. The number of nitrogens with one attached hydrogen (secondary N) is 1. The van der Waals surface area contributed by atoms with Crippen molar-refractivity contribution in [2.24, 2.45) is 0 Å². The molecule has 0 saturated heterocycles. The topological polar surface area (TPSA) is 86.1 Å². The SMILES string of the molecule is Cc1nc(-c2ccccc2)ccc1C(=O)OCC(=O)Nc1c(C)nn(-c2ccccc2)c1C. The van der Waals surface area contributed by atoms with Crippen LogP contribution in [0.25, 0.3) is 16.9 Å². The van der Waals surface area contributed by atoms with Crippen molar-refractivity contribution in [3.63, 3.8) is 0 Å². The average Bonchev–Trinajstić information content (AvgIpc) is 3.12. The molecule has 4 aromatic rings. The summed E-state index contributed by atoms with van der Waals surface area (Å²) in [4.78, 5) is 29.5. The molecule has 0 unspecified atom stereocenters. The maximum absolute atomic E-state index is 12.5. The largest absolute Gasteiger partial charge is 0.452 e. The Morgan fingerprint density at radius 1 is 0.879 bits per heavy atom. The van der Waals surface area contributed by atoms with E-state index < -0.39 is 18.5 Å². The van der Waals surface area contributed by atoms with Gasteiger partial charge in [-0.05, 0) is 45.0 Å². The van der Waals surface area contributed by atoms with E-state index in [2.05, 4.69) is 15.4 Å². The number of hydrogen-bond acceptors (Lipinski definition) is 5. The third kappa shape index (κ3) is 4.82. The summed E-state index contributed by atoms with van der Waals surface area (Å²) < 4.78 is 7.01. The normalized spacial score (nSPS) is 10.6. The van der Waals surface area contributed by atoms with Gasteiger partial charge in [0.25, 0.3) is 5.91 Å². The van der Waals surface area contributed by atoms with Gasteiger partial charge in [0.15, 0.2) is 6.61 Å². The molecule has 4 rings (SSSR count). The van der Waals surface area contributed by atoms with E-state index in [1.54, 1.807) is 23.7 Å². The molecule has 7 nitrogen and oxygen atoms in total. The van der Waals surface area contributed by atoms with Crippen molar-refractivity contribution in [3.05, 3.63) is 95.4 Å². The molecule has 0 bridgehead atoms. The van der Waals surface area contributed by atoms with Crippen LogP contribution in [0.4, 0.5) is 5.69 Å². The van der Waals surface area contributed by atoms with Gasteiger partial charge < -0.3 is 10.1 Å². The molecule has 7 heteroatoms. The first-order valence-corrected chi connectivity index (χ1v) is 10.6. The van der Waals surface area contributed by atoms with E-state index in [9.17, 15) is 9.59 Å². The molecule has 0 radical (unpaired) electrons. The highest BCUT2D eigenvalue weighted by Crippen LogP contribution is 2.23. The third-order valence-electron chi connectivity index (χ3n) is 5.27. The molecule has 0 fully saturated rings. The molecule has 166 valence electrons. The molecule has 0 atom stereocenters. The minimum Gasteiger partial charge on any atom is -0.452 e. The number of nitrogens with zero attached hydrogens (tertiary/aromatic N) is 3. The second-order valence-electron chi connectivity index (χ2n) is 7.61. The fourth-order valence-corrected chi connectivity index (χ4v) is 3.58. The molecular formula is C26H24N4O3. The lowest BCUT2D eigenvalue weighted by molar-refractivity contribution is -0.119. The molecule has 2 aromatic heterocycles. The minimum absolute atomic E-state index is 0.326. The van der Waals surface area contributed by atoms with Gasteiger partial charge in [-0.2, -0.15) is 5.10 Å². The fraction of sp³-hybridized carbons (Fsp3) is 0.154. The quantitative estimate of drug-likeness (QED) is 0.441. The lowest BCUT2D eigenvalue weighted by atomic mass is 10.1. The third-order valence-corrected chi connectivity index (χ3v) is 5.27. The molecule has 1 N–H and O–H groups in total. The summed E-state index contributed by atoms with van der Waals surface area (Å²) in [5.41, 5.74) is 5.55. The number of anilines is 1. The zero-order valence-electron chi connectivity index (χ0n) is 18.7. The number of aryl methyl sites for hydroxylation is 2. The van der Waals surface area contributed by atoms with Gasteiger partial charge in [0, 0.05) is 5.56 Å². The highest BCUT2D eigenvalue weighted by Gasteiger charge is 2.18. The maximum atomic E-state index is 12.5. The van der Waals surface area contributed by atoms with E-state index in [-0.39, 0.29) is 0 Å². The van der Waals surface area contributed by atoms with E-state index in [0.717, 1.165) is 22.6 Å². The van der Waals surface area contributed by atoms with E-state index in [4.69, 9.17) is 4.74 Å². The Bertz CT molecular complexity index is 1300. The van der Waals surface area contributed by atoms with Crippen LogP contribution in [0, 0.1) is 20.8 Å². The lowest BCUT2D eigenvalue weighted by Crippen LogP contribution is -2.22. The standard InChI is InChI=1S/C26H24N4O3/c1-17-22(14-15-23(27-17)20-10-6-4-7-11-20)26(32)33-16-24(31)28-25-18(2)29-30(19(25)3)21-12-8-5-9-13-21/h4-15H,16H2,1-3H3,(H,28,31).